The molecule has 0 N–H and O–H groups in total. The topological polar surface area (TPSA) is 103 Å². The standard InChI is InChI=1S/C25H23NO7S/c1-17-22(25(28)31-2)15-20(33-17)16-32-24(27)12-9-18-7-10-21(11-8-18)34(29,30)26-14-13-19-5-3-4-6-23(19)26/h3-12,15H,13-14,16H2,1-2H3. The number of carbonyl (C=O) groups excluding carboxylic acids is 2. The normalized spacial score (nSPS) is 13.2. The molecule has 0 radical (unpaired) electrons. The number of furan rings is 1. The van der Waals surface area contributed by atoms with Gasteiger partial charge >= 0.3 is 11.9 Å². The van der Waals surface area contributed by atoms with Gasteiger partial charge in [0.2, 0.25) is 0 Å². The average molecular weight is 482 g/mol. The van der Waals surface area contributed by atoms with Crippen LogP contribution in [0, 0.1) is 6.92 Å². The van der Waals surface area contributed by atoms with Crippen molar-refractivity contribution < 1.29 is 31.9 Å². The second-order valence-electron chi connectivity index (χ2n) is 7.64. The molecule has 0 amide bonds. The Bertz CT molecular complexity index is 1350. The molecule has 2 heterocycles. The predicted molar refractivity (Wildman–Crippen MR) is 125 cm³/mol. The number of fused-ring (bicyclic) bond motifs is 1. The van der Waals surface area contributed by atoms with E-state index >= 15 is 0 Å². The lowest BCUT2D eigenvalue weighted by molar-refractivity contribution is -0.139. The number of esters is 2. The Labute approximate surface area is 197 Å². The molecule has 0 bridgehead atoms. The second kappa shape index (κ2) is 9.56. The highest BCUT2D eigenvalue weighted by Crippen LogP contribution is 2.32. The number of nitrogens with zero attached hydrogens (tertiary/aromatic N) is 1. The maximum absolute atomic E-state index is 13.1. The molecule has 0 spiro atoms. The number of methoxy groups -OCH3 is 1. The van der Waals surface area contributed by atoms with Crippen LogP contribution >= 0.6 is 0 Å². The molecule has 8 nitrogen and oxygen atoms in total. The molecule has 0 atom stereocenters. The summed E-state index contributed by atoms with van der Waals surface area (Å²) in [6, 6.07) is 15.2. The minimum atomic E-state index is -3.67. The quantitative estimate of drug-likeness (QED) is 0.373. The first-order chi connectivity index (χ1) is 16.3. The maximum Gasteiger partial charge on any atom is 0.341 e. The Morgan fingerprint density at radius 1 is 1.12 bits per heavy atom. The summed E-state index contributed by atoms with van der Waals surface area (Å²) in [5.74, 6) is -0.448. The summed E-state index contributed by atoms with van der Waals surface area (Å²) in [6.07, 6.45) is 3.44. The van der Waals surface area contributed by atoms with Crippen molar-refractivity contribution in [1.29, 1.82) is 0 Å². The van der Waals surface area contributed by atoms with Gasteiger partial charge in [-0.25, -0.2) is 18.0 Å². The number of aryl methyl sites for hydroxylation is 1. The molecule has 9 heteroatoms. The first-order valence-corrected chi connectivity index (χ1v) is 12.0. The summed E-state index contributed by atoms with van der Waals surface area (Å²) < 4.78 is 42.8. The smallest absolute Gasteiger partial charge is 0.341 e. The van der Waals surface area contributed by atoms with Gasteiger partial charge in [-0.15, -0.1) is 0 Å². The van der Waals surface area contributed by atoms with Gasteiger partial charge in [0, 0.05) is 12.6 Å². The van der Waals surface area contributed by atoms with Crippen LogP contribution in [0.25, 0.3) is 6.08 Å². The summed E-state index contributed by atoms with van der Waals surface area (Å²) in [5, 5.41) is 0. The second-order valence-corrected chi connectivity index (χ2v) is 9.50. The number of hydrogen-bond acceptors (Lipinski definition) is 7. The van der Waals surface area contributed by atoms with Crippen molar-refractivity contribution in [3.63, 3.8) is 0 Å². The molecule has 0 fully saturated rings. The fourth-order valence-corrected chi connectivity index (χ4v) is 5.22. The van der Waals surface area contributed by atoms with E-state index in [4.69, 9.17) is 9.15 Å². The predicted octanol–water partition coefficient (Wildman–Crippen LogP) is 3.88. The molecular formula is C25H23NO7S. The van der Waals surface area contributed by atoms with E-state index in [0.29, 0.717) is 35.7 Å². The number of carbonyl (C=O) groups is 2. The zero-order valence-electron chi connectivity index (χ0n) is 18.7. The highest BCUT2D eigenvalue weighted by atomic mass is 32.2. The lowest BCUT2D eigenvalue weighted by Gasteiger charge is -2.19. The molecule has 2 aromatic carbocycles. The molecule has 3 aromatic rings. The number of hydrogen-bond donors (Lipinski definition) is 0. The molecule has 4 rings (SSSR count). The zero-order valence-corrected chi connectivity index (χ0v) is 19.5. The van der Waals surface area contributed by atoms with Crippen LogP contribution < -0.4 is 4.31 Å². The van der Waals surface area contributed by atoms with E-state index in [1.165, 1.54) is 41.8 Å². The number of ether oxygens (including phenoxy) is 2. The number of para-hydroxylation sites is 1. The summed E-state index contributed by atoms with van der Waals surface area (Å²) in [7, 11) is -2.40. The van der Waals surface area contributed by atoms with Gasteiger partial charge < -0.3 is 13.9 Å². The molecule has 0 saturated heterocycles. The van der Waals surface area contributed by atoms with Crippen LogP contribution in [0.2, 0.25) is 0 Å². The third-order valence-electron chi connectivity index (χ3n) is 5.46. The van der Waals surface area contributed by atoms with E-state index in [2.05, 4.69) is 4.74 Å². The van der Waals surface area contributed by atoms with Crippen LogP contribution in [0.3, 0.4) is 0 Å². The van der Waals surface area contributed by atoms with Crippen LogP contribution in [0.1, 0.15) is 33.0 Å². The van der Waals surface area contributed by atoms with Crippen molar-refractivity contribution in [2.45, 2.75) is 24.8 Å². The van der Waals surface area contributed by atoms with Gasteiger partial charge in [-0.05, 0) is 54.8 Å². The Morgan fingerprint density at radius 3 is 2.59 bits per heavy atom. The number of sulfonamides is 1. The van der Waals surface area contributed by atoms with E-state index < -0.39 is 22.0 Å². The minimum Gasteiger partial charge on any atom is -0.465 e. The molecular weight excluding hydrogens is 458 g/mol. The largest absolute Gasteiger partial charge is 0.465 e. The minimum absolute atomic E-state index is 0.143. The number of anilines is 1. The van der Waals surface area contributed by atoms with E-state index in [0.717, 1.165) is 5.56 Å². The third-order valence-corrected chi connectivity index (χ3v) is 7.28. The Morgan fingerprint density at radius 2 is 1.85 bits per heavy atom. The van der Waals surface area contributed by atoms with Crippen molar-refractivity contribution in [2.75, 3.05) is 18.0 Å². The molecule has 0 aliphatic carbocycles. The SMILES string of the molecule is COC(=O)c1cc(COC(=O)C=Cc2ccc(S(=O)(=O)N3CCc4ccccc43)cc2)oc1C. The number of rotatable bonds is 7. The molecule has 1 aliphatic rings. The molecule has 1 aromatic heterocycles. The summed E-state index contributed by atoms with van der Waals surface area (Å²) in [6.45, 7) is 1.88. The van der Waals surface area contributed by atoms with Crippen molar-refractivity contribution in [3.8, 4) is 0 Å². The molecule has 0 unspecified atom stereocenters. The lowest BCUT2D eigenvalue weighted by atomic mass is 10.2. The van der Waals surface area contributed by atoms with Gasteiger partial charge in [0.15, 0.2) is 0 Å². The van der Waals surface area contributed by atoms with E-state index in [-0.39, 0.29) is 17.1 Å². The Balaban J connectivity index is 1.37. The first-order valence-electron chi connectivity index (χ1n) is 10.5. The van der Waals surface area contributed by atoms with Crippen LogP contribution in [0.4, 0.5) is 5.69 Å². The third kappa shape index (κ3) is 4.74. The highest BCUT2D eigenvalue weighted by molar-refractivity contribution is 7.92. The van der Waals surface area contributed by atoms with Gasteiger partial charge in [0.1, 0.15) is 23.7 Å². The van der Waals surface area contributed by atoms with Gasteiger partial charge in [0.05, 0.1) is 17.7 Å². The molecule has 34 heavy (non-hydrogen) atoms. The maximum atomic E-state index is 13.1. The lowest BCUT2D eigenvalue weighted by Crippen LogP contribution is -2.29. The van der Waals surface area contributed by atoms with Gasteiger partial charge in [0.25, 0.3) is 10.0 Å². The first kappa shape index (κ1) is 23.3. The Hall–Kier alpha value is -3.85. The molecule has 0 saturated carbocycles. The van der Waals surface area contributed by atoms with Crippen molar-refractivity contribution in [1.82, 2.24) is 0 Å². The van der Waals surface area contributed by atoms with Crippen molar-refractivity contribution in [2.24, 2.45) is 0 Å². The van der Waals surface area contributed by atoms with Crippen molar-refractivity contribution in [3.05, 3.63) is 88.9 Å². The van der Waals surface area contributed by atoms with Crippen LogP contribution in [-0.2, 0) is 37.3 Å². The molecule has 176 valence electrons. The fourth-order valence-electron chi connectivity index (χ4n) is 3.72. The number of benzene rings is 2. The van der Waals surface area contributed by atoms with E-state index in [9.17, 15) is 18.0 Å². The Kier molecular flexibility index (Phi) is 6.56. The highest BCUT2D eigenvalue weighted by Gasteiger charge is 2.30. The average Bonchev–Trinajstić information content (AvgIpc) is 3.45. The van der Waals surface area contributed by atoms with Gasteiger partial charge in [-0.2, -0.15) is 0 Å². The van der Waals surface area contributed by atoms with Crippen LogP contribution in [-0.4, -0.2) is 34.0 Å². The molecule has 1 aliphatic heterocycles. The van der Waals surface area contributed by atoms with Gasteiger partial charge in [-0.1, -0.05) is 30.3 Å². The van der Waals surface area contributed by atoms with E-state index in [1.807, 2.05) is 24.3 Å². The summed E-state index contributed by atoms with van der Waals surface area (Å²) in [5.41, 5.74) is 2.63. The summed E-state index contributed by atoms with van der Waals surface area (Å²) in [4.78, 5) is 23.8. The van der Waals surface area contributed by atoms with Crippen LogP contribution in [0.5, 0.6) is 0 Å². The van der Waals surface area contributed by atoms with Crippen LogP contribution in [0.15, 0.2) is 70.0 Å². The van der Waals surface area contributed by atoms with Crippen molar-refractivity contribution >= 4 is 33.7 Å². The van der Waals surface area contributed by atoms with Gasteiger partial charge in [-0.3, -0.25) is 4.31 Å². The fraction of sp³-hybridized carbons (Fsp3) is 0.200. The zero-order chi connectivity index (χ0) is 24.3. The van der Waals surface area contributed by atoms with E-state index in [1.54, 1.807) is 19.1 Å². The monoisotopic (exact) mass is 481 g/mol. The summed E-state index contributed by atoms with van der Waals surface area (Å²) >= 11 is 0.